The van der Waals surface area contributed by atoms with Crippen LogP contribution in [-0.4, -0.2) is 36.8 Å². The summed E-state index contributed by atoms with van der Waals surface area (Å²) in [5.41, 5.74) is 1.20. The van der Waals surface area contributed by atoms with E-state index >= 15 is 0 Å². The molecule has 0 spiro atoms. The molecule has 1 aliphatic heterocycles. The smallest absolute Gasteiger partial charge is 0.128 e. The molecule has 1 N–H and O–H groups in total. The zero-order valence-electron chi connectivity index (χ0n) is 13.1. The van der Waals surface area contributed by atoms with Crippen LogP contribution < -0.4 is 10.2 Å². The van der Waals surface area contributed by atoms with Crippen molar-refractivity contribution < 1.29 is 4.74 Å². The van der Waals surface area contributed by atoms with Crippen molar-refractivity contribution in [3.63, 3.8) is 0 Å². The average Bonchev–Trinajstić information content (AvgIpc) is 2.37. The normalized spacial score (nSPS) is 18.6. The summed E-state index contributed by atoms with van der Waals surface area (Å²) in [6, 6.07) is 4.27. The molecule has 1 aliphatic rings. The number of aromatic nitrogens is 1. The Bertz CT molecular complexity index is 431. The molecule has 4 nitrogen and oxygen atoms in total. The van der Waals surface area contributed by atoms with Gasteiger partial charge in [0, 0.05) is 25.8 Å². The van der Waals surface area contributed by atoms with E-state index in [1.165, 1.54) is 5.56 Å². The van der Waals surface area contributed by atoms with Crippen LogP contribution in [0.2, 0.25) is 0 Å². The molecule has 0 aliphatic carbocycles. The van der Waals surface area contributed by atoms with Gasteiger partial charge in [-0.25, -0.2) is 4.98 Å². The number of nitrogens with one attached hydrogen (secondary N) is 1. The molecule has 1 aromatic rings. The van der Waals surface area contributed by atoms with E-state index in [0.29, 0.717) is 5.92 Å². The Morgan fingerprint density at radius 2 is 2.25 bits per heavy atom. The molecule has 0 amide bonds. The first-order chi connectivity index (χ1) is 9.46. The van der Waals surface area contributed by atoms with Gasteiger partial charge in [0.2, 0.25) is 0 Å². The predicted molar refractivity (Wildman–Crippen MR) is 83.0 cm³/mol. The minimum atomic E-state index is -0.0914. The first kappa shape index (κ1) is 15.3. The Balaban J connectivity index is 1.98. The third-order valence-electron chi connectivity index (χ3n) is 3.44. The van der Waals surface area contributed by atoms with E-state index in [1.807, 2.05) is 6.20 Å². The van der Waals surface area contributed by atoms with Crippen LogP contribution in [0.4, 0.5) is 5.82 Å². The Morgan fingerprint density at radius 3 is 2.95 bits per heavy atom. The molecule has 112 valence electrons. The van der Waals surface area contributed by atoms with Gasteiger partial charge in [-0.1, -0.05) is 13.8 Å². The van der Waals surface area contributed by atoms with Gasteiger partial charge < -0.3 is 15.0 Å². The molecule has 1 saturated heterocycles. The van der Waals surface area contributed by atoms with Crippen molar-refractivity contribution in [3.05, 3.63) is 23.9 Å². The highest BCUT2D eigenvalue weighted by molar-refractivity contribution is 5.42. The fourth-order valence-electron chi connectivity index (χ4n) is 2.46. The minimum Gasteiger partial charge on any atom is -0.372 e. The second-order valence-electron chi connectivity index (χ2n) is 6.58. The van der Waals surface area contributed by atoms with E-state index in [2.05, 4.69) is 55.0 Å². The predicted octanol–water partition coefficient (Wildman–Crippen LogP) is 2.44. The first-order valence-electron chi connectivity index (χ1n) is 7.51. The maximum atomic E-state index is 5.76. The van der Waals surface area contributed by atoms with Crippen molar-refractivity contribution in [1.29, 1.82) is 0 Å². The first-order valence-corrected chi connectivity index (χ1v) is 7.51. The number of hydrogen-bond donors (Lipinski definition) is 1. The van der Waals surface area contributed by atoms with Crippen molar-refractivity contribution in [2.45, 2.75) is 39.8 Å². The van der Waals surface area contributed by atoms with E-state index in [1.54, 1.807) is 0 Å². The molecule has 2 heterocycles. The molecular weight excluding hydrogens is 250 g/mol. The molecular formula is C16H27N3O. The number of ether oxygens (including phenoxy) is 1. The maximum Gasteiger partial charge on any atom is 0.128 e. The third kappa shape index (κ3) is 4.46. The third-order valence-corrected chi connectivity index (χ3v) is 3.44. The van der Waals surface area contributed by atoms with Crippen LogP contribution in [0.3, 0.4) is 0 Å². The zero-order chi connectivity index (χ0) is 14.6. The maximum absolute atomic E-state index is 5.76. The number of pyridine rings is 1. The second-order valence-corrected chi connectivity index (χ2v) is 6.58. The van der Waals surface area contributed by atoms with Gasteiger partial charge in [0.05, 0.1) is 12.2 Å². The lowest BCUT2D eigenvalue weighted by molar-refractivity contribution is -0.0279. The molecule has 0 atom stereocenters. The Labute approximate surface area is 122 Å². The van der Waals surface area contributed by atoms with Crippen molar-refractivity contribution in [3.8, 4) is 0 Å². The Hall–Kier alpha value is -1.13. The lowest BCUT2D eigenvalue weighted by Gasteiger charge is -2.38. The van der Waals surface area contributed by atoms with E-state index in [4.69, 9.17) is 4.74 Å². The summed E-state index contributed by atoms with van der Waals surface area (Å²) < 4.78 is 5.76. The molecule has 1 fully saturated rings. The highest BCUT2D eigenvalue weighted by Gasteiger charge is 2.27. The second kappa shape index (κ2) is 6.55. The summed E-state index contributed by atoms with van der Waals surface area (Å²) in [5, 5.41) is 3.48. The molecule has 4 heteroatoms. The summed E-state index contributed by atoms with van der Waals surface area (Å²) in [6.45, 7) is 13.2. The van der Waals surface area contributed by atoms with Gasteiger partial charge in [0.1, 0.15) is 5.82 Å². The fourth-order valence-corrected chi connectivity index (χ4v) is 2.46. The van der Waals surface area contributed by atoms with Crippen LogP contribution >= 0.6 is 0 Å². The lowest BCUT2D eigenvalue weighted by Crippen LogP contribution is -2.48. The lowest BCUT2D eigenvalue weighted by atomic mass is 10.1. The van der Waals surface area contributed by atoms with Crippen molar-refractivity contribution in [2.24, 2.45) is 5.92 Å². The monoisotopic (exact) mass is 277 g/mol. The summed E-state index contributed by atoms with van der Waals surface area (Å²) in [6.07, 6.45) is 1.91. The molecule has 0 saturated carbocycles. The van der Waals surface area contributed by atoms with E-state index in [0.717, 1.165) is 38.6 Å². The fraction of sp³-hybridized carbons (Fsp3) is 0.688. The molecule has 0 unspecified atom stereocenters. The van der Waals surface area contributed by atoms with Crippen LogP contribution in [0.1, 0.15) is 33.3 Å². The van der Waals surface area contributed by atoms with Crippen molar-refractivity contribution in [1.82, 2.24) is 10.3 Å². The minimum absolute atomic E-state index is 0.0914. The average molecular weight is 277 g/mol. The highest BCUT2D eigenvalue weighted by Crippen LogP contribution is 2.21. The molecule has 0 bridgehead atoms. The largest absolute Gasteiger partial charge is 0.372 e. The van der Waals surface area contributed by atoms with Crippen molar-refractivity contribution in [2.75, 3.05) is 31.1 Å². The number of morpholine rings is 1. The van der Waals surface area contributed by atoms with Gasteiger partial charge in [0.15, 0.2) is 0 Å². The van der Waals surface area contributed by atoms with Gasteiger partial charge in [-0.15, -0.1) is 0 Å². The van der Waals surface area contributed by atoms with Crippen LogP contribution in [-0.2, 0) is 11.3 Å². The van der Waals surface area contributed by atoms with Gasteiger partial charge >= 0.3 is 0 Å². The number of nitrogens with zero attached hydrogens (tertiary/aromatic N) is 2. The standard InChI is InChI=1S/C16H27N3O/c1-13(2)10-17-11-14-5-6-18-15(9-14)19-7-8-20-16(3,4)12-19/h5-6,9,13,17H,7-8,10-12H2,1-4H3. The van der Waals surface area contributed by atoms with E-state index < -0.39 is 0 Å². The van der Waals surface area contributed by atoms with E-state index in [9.17, 15) is 0 Å². The summed E-state index contributed by atoms with van der Waals surface area (Å²) in [7, 11) is 0. The molecule has 0 aromatic carbocycles. The van der Waals surface area contributed by atoms with Crippen LogP contribution in [0.15, 0.2) is 18.3 Å². The van der Waals surface area contributed by atoms with Gasteiger partial charge in [-0.05, 0) is 44.0 Å². The van der Waals surface area contributed by atoms with Crippen LogP contribution in [0.25, 0.3) is 0 Å². The number of anilines is 1. The summed E-state index contributed by atoms with van der Waals surface area (Å²) in [4.78, 5) is 6.83. The van der Waals surface area contributed by atoms with Gasteiger partial charge in [-0.3, -0.25) is 0 Å². The number of rotatable bonds is 5. The number of hydrogen-bond acceptors (Lipinski definition) is 4. The molecule has 0 radical (unpaired) electrons. The quantitative estimate of drug-likeness (QED) is 0.897. The van der Waals surface area contributed by atoms with E-state index in [-0.39, 0.29) is 5.60 Å². The molecule has 1 aromatic heterocycles. The van der Waals surface area contributed by atoms with Gasteiger partial charge in [0.25, 0.3) is 0 Å². The summed E-state index contributed by atoms with van der Waals surface area (Å²) >= 11 is 0. The Kier molecular flexibility index (Phi) is 5.00. The van der Waals surface area contributed by atoms with Gasteiger partial charge in [-0.2, -0.15) is 0 Å². The van der Waals surface area contributed by atoms with Crippen LogP contribution in [0.5, 0.6) is 0 Å². The molecule has 20 heavy (non-hydrogen) atoms. The molecule has 2 rings (SSSR count). The summed E-state index contributed by atoms with van der Waals surface area (Å²) in [5.74, 6) is 1.74. The van der Waals surface area contributed by atoms with Crippen LogP contribution in [0, 0.1) is 5.92 Å². The zero-order valence-corrected chi connectivity index (χ0v) is 13.1. The van der Waals surface area contributed by atoms with Crippen molar-refractivity contribution >= 4 is 5.82 Å². The SMILES string of the molecule is CC(C)CNCc1ccnc(N2CCOC(C)(C)C2)c1. The Morgan fingerprint density at radius 1 is 1.45 bits per heavy atom. The topological polar surface area (TPSA) is 37.4 Å². The highest BCUT2D eigenvalue weighted by atomic mass is 16.5.